The van der Waals surface area contributed by atoms with E-state index in [-0.39, 0.29) is 0 Å². The van der Waals surface area contributed by atoms with Crippen molar-refractivity contribution in [2.75, 3.05) is 0 Å². The second-order valence-corrected chi connectivity index (χ2v) is 13.7. The molecule has 0 saturated heterocycles. The monoisotopic (exact) mass is 354 g/mol. The van der Waals surface area contributed by atoms with Gasteiger partial charge < -0.3 is 0 Å². The van der Waals surface area contributed by atoms with E-state index in [1.54, 1.807) is 0 Å². The maximum absolute atomic E-state index is 2.32. The maximum atomic E-state index is 2.32. The Labute approximate surface area is 163 Å². The lowest BCUT2D eigenvalue weighted by atomic mass is 9.78. The normalized spacial score (nSPS) is 16.0. The lowest BCUT2D eigenvalue weighted by Crippen LogP contribution is -2.16. The summed E-state index contributed by atoms with van der Waals surface area (Å²) >= 11 is 0. The lowest BCUT2D eigenvalue weighted by molar-refractivity contribution is 0.233. The molecule has 0 N–H and O–H groups in total. The summed E-state index contributed by atoms with van der Waals surface area (Å²) in [6.07, 6.45) is 7.05. The zero-order valence-electron chi connectivity index (χ0n) is 20.7. The average Bonchev–Trinajstić information content (AvgIpc) is 2.89. The van der Waals surface area contributed by atoms with Crippen LogP contribution in [0.3, 0.4) is 0 Å². The molecule has 0 atom stereocenters. The Balaban J connectivity index is 0. The zero-order valence-corrected chi connectivity index (χ0v) is 20.7. The molecule has 0 heteroatoms. The molecule has 0 aliphatic heterocycles. The molecular weight excluding hydrogens is 300 g/mol. The Morgan fingerprint density at radius 3 is 1.00 bits per heavy atom. The van der Waals surface area contributed by atoms with Crippen LogP contribution >= 0.6 is 0 Å². The van der Waals surface area contributed by atoms with E-state index >= 15 is 0 Å². The van der Waals surface area contributed by atoms with Crippen molar-refractivity contribution in [2.45, 2.75) is 129 Å². The van der Waals surface area contributed by atoms with Crippen molar-refractivity contribution in [3.8, 4) is 0 Å². The van der Waals surface area contributed by atoms with Gasteiger partial charge in [-0.3, -0.25) is 0 Å². The number of hydrogen-bond acceptors (Lipinski definition) is 0. The number of hydrogen-bond donors (Lipinski definition) is 0. The van der Waals surface area contributed by atoms with Gasteiger partial charge in [0, 0.05) is 0 Å². The number of rotatable bonds is 2. The molecule has 0 spiro atoms. The topological polar surface area (TPSA) is 0 Å². The van der Waals surface area contributed by atoms with Gasteiger partial charge in [0.05, 0.1) is 0 Å². The molecule has 1 aliphatic carbocycles. The fraction of sp³-hybridized carbons (Fsp3) is 1.00. The molecule has 1 rings (SSSR count). The molecule has 0 radical (unpaired) electrons. The van der Waals surface area contributed by atoms with Gasteiger partial charge in [0.1, 0.15) is 0 Å². The third kappa shape index (κ3) is 32.2. The third-order valence-electron chi connectivity index (χ3n) is 3.68. The fourth-order valence-electron chi connectivity index (χ4n) is 4.00. The van der Waals surface area contributed by atoms with Gasteiger partial charge in [-0.05, 0) is 52.8 Å². The van der Waals surface area contributed by atoms with E-state index in [0.717, 1.165) is 11.8 Å². The molecular formula is C25H54. The highest BCUT2D eigenvalue weighted by Crippen LogP contribution is 2.39. The van der Waals surface area contributed by atoms with Gasteiger partial charge in [-0.1, -0.05) is 110 Å². The molecule has 0 aromatic rings. The van der Waals surface area contributed by atoms with Gasteiger partial charge in [0.2, 0.25) is 0 Å². The van der Waals surface area contributed by atoms with Crippen molar-refractivity contribution in [3.63, 3.8) is 0 Å². The minimum atomic E-state index is 0.484. The quantitative estimate of drug-likeness (QED) is 0.463. The summed E-state index contributed by atoms with van der Waals surface area (Å²) in [5.74, 6) is 1.94. The van der Waals surface area contributed by atoms with Crippen LogP contribution in [0.1, 0.15) is 129 Å². The van der Waals surface area contributed by atoms with Gasteiger partial charge in [-0.2, -0.15) is 0 Å². The van der Waals surface area contributed by atoms with E-state index in [1.165, 1.54) is 32.1 Å². The van der Waals surface area contributed by atoms with Crippen molar-refractivity contribution < 1.29 is 0 Å². The van der Waals surface area contributed by atoms with Gasteiger partial charge in [0.25, 0.3) is 0 Å². The van der Waals surface area contributed by atoms with Crippen LogP contribution in [0.4, 0.5) is 0 Å². The first-order valence-electron chi connectivity index (χ1n) is 10.7. The Morgan fingerprint density at radius 2 is 0.960 bits per heavy atom. The standard InChI is InChI=1S/C9H20.C8H16.C8H18/c1-8(2,3)7-9(4,5)6;1-8(2,3)6-7-4-5-7;1-7(2)6-8(3,4)5/h7H2,1-6H3;7H,4-6H2,1-3H3;7H,6H2,1-5H3. The van der Waals surface area contributed by atoms with Crippen LogP contribution in [-0.2, 0) is 0 Å². The zero-order chi connectivity index (χ0) is 20.7. The fourth-order valence-corrected chi connectivity index (χ4v) is 4.00. The predicted octanol–water partition coefficient (Wildman–Crippen LogP) is 9.38. The minimum absolute atomic E-state index is 0.484. The highest BCUT2D eigenvalue weighted by atomic mass is 14.3. The van der Waals surface area contributed by atoms with E-state index in [4.69, 9.17) is 0 Å². The molecule has 0 bridgehead atoms. The lowest BCUT2D eigenvalue weighted by Gasteiger charge is -2.28. The van der Waals surface area contributed by atoms with Gasteiger partial charge >= 0.3 is 0 Å². The molecule has 0 heterocycles. The summed E-state index contributed by atoms with van der Waals surface area (Å²) in [6, 6.07) is 0. The van der Waals surface area contributed by atoms with Crippen molar-refractivity contribution >= 4 is 0 Å². The Hall–Kier alpha value is 0. The van der Waals surface area contributed by atoms with Crippen molar-refractivity contribution in [3.05, 3.63) is 0 Å². The van der Waals surface area contributed by atoms with Crippen molar-refractivity contribution in [1.29, 1.82) is 0 Å². The van der Waals surface area contributed by atoms with Crippen LogP contribution in [0.25, 0.3) is 0 Å². The van der Waals surface area contributed by atoms with Crippen LogP contribution in [0.15, 0.2) is 0 Å². The summed E-state index contributed by atoms with van der Waals surface area (Å²) in [5, 5.41) is 0. The minimum Gasteiger partial charge on any atom is -0.0628 e. The van der Waals surface area contributed by atoms with Crippen LogP contribution in [0.2, 0.25) is 0 Å². The highest BCUT2D eigenvalue weighted by Gasteiger charge is 2.26. The Kier molecular flexibility index (Phi) is 11.3. The summed E-state index contributed by atoms with van der Waals surface area (Å²) in [7, 11) is 0. The smallest absolute Gasteiger partial charge is 0.0378 e. The summed E-state index contributed by atoms with van der Waals surface area (Å²) in [4.78, 5) is 0. The molecule has 0 aromatic heterocycles. The van der Waals surface area contributed by atoms with Gasteiger partial charge in [-0.15, -0.1) is 0 Å². The first-order valence-corrected chi connectivity index (χ1v) is 10.7. The first kappa shape index (κ1) is 27.2. The van der Waals surface area contributed by atoms with E-state index in [2.05, 4.69) is 96.9 Å². The SMILES string of the molecule is CC(C)(C)CC(C)(C)C.CC(C)(C)CC1CC1.CC(C)CC(C)(C)C. The molecule has 0 unspecified atom stereocenters. The second-order valence-electron chi connectivity index (χ2n) is 13.7. The molecule has 0 aromatic carbocycles. The summed E-state index contributed by atoms with van der Waals surface area (Å²) in [5.41, 5.74) is 2.08. The largest absolute Gasteiger partial charge is 0.0628 e. The van der Waals surface area contributed by atoms with E-state index in [0.29, 0.717) is 21.7 Å². The van der Waals surface area contributed by atoms with Crippen LogP contribution in [0.5, 0.6) is 0 Å². The summed E-state index contributed by atoms with van der Waals surface area (Å²) in [6.45, 7) is 32.1. The van der Waals surface area contributed by atoms with E-state index < -0.39 is 0 Å². The summed E-state index contributed by atoms with van der Waals surface area (Å²) < 4.78 is 0. The average molecular weight is 355 g/mol. The first-order chi connectivity index (χ1) is 10.7. The van der Waals surface area contributed by atoms with Crippen molar-refractivity contribution in [1.82, 2.24) is 0 Å². The predicted molar refractivity (Wildman–Crippen MR) is 119 cm³/mol. The van der Waals surface area contributed by atoms with Crippen LogP contribution in [0, 0.1) is 33.5 Å². The van der Waals surface area contributed by atoms with E-state index in [9.17, 15) is 0 Å². The maximum Gasteiger partial charge on any atom is -0.0378 e. The van der Waals surface area contributed by atoms with Crippen LogP contribution < -0.4 is 0 Å². The van der Waals surface area contributed by atoms with Gasteiger partial charge in [0.15, 0.2) is 0 Å². The molecule has 0 nitrogen and oxygen atoms in total. The van der Waals surface area contributed by atoms with Crippen molar-refractivity contribution in [2.24, 2.45) is 33.5 Å². The molecule has 1 fully saturated rings. The molecule has 1 aliphatic rings. The van der Waals surface area contributed by atoms with E-state index in [1.807, 2.05) is 0 Å². The van der Waals surface area contributed by atoms with Gasteiger partial charge in [-0.25, -0.2) is 0 Å². The van der Waals surface area contributed by atoms with Crippen LogP contribution in [-0.4, -0.2) is 0 Å². The Bertz CT molecular complexity index is 289. The molecule has 154 valence electrons. The molecule has 1 saturated carbocycles. The Morgan fingerprint density at radius 1 is 0.600 bits per heavy atom. The molecule has 25 heavy (non-hydrogen) atoms. The second kappa shape index (κ2) is 10.4. The highest BCUT2D eigenvalue weighted by molar-refractivity contribution is 4.78. The molecule has 0 amide bonds. The third-order valence-corrected chi connectivity index (χ3v) is 3.68.